The number of carbonyl (C=O) groups excluding carboxylic acids is 1. The molecule has 0 amide bonds. The molecule has 5 nitrogen and oxygen atoms in total. The fourth-order valence-electron chi connectivity index (χ4n) is 1.89. The molecule has 0 bridgehead atoms. The molecule has 0 saturated heterocycles. The SMILES string of the molecule is COC(=O)c1cc(Cl)ncc1-c1nc2cc(Cl)ccc2o1. The number of aromatic nitrogens is 2. The topological polar surface area (TPSA) is 65.2 Å². The number of oxazole rings is 1. The van der Waals surface area contributed by atoms with Crippen LogP contribution >= 0.6 is 23.2 Å². The Morgan fingerprint density at radius 3 is 2.86 bits per heavy atom. The van der Waals surface area contributed by atoms with Crippen LogP contribution in [0.3, 0.4) is 0 Å². The second-order valence-corrected chi connectivity index (χ2v) is 5.00. The fourth-order valence-corrected chi connectivity index (χ4v) is 2.22. The number of halogens is 2. The van der Waals surface area contributed by atoms with Crippen LogP contribution in [-0.4, -0.2) is 23.0 Å². The first kappa shape index (κ1) is 13.9. The second-order valence-electron chi connectivity index (χ2n) is 4.18. The minimum absolute atomic E-state index is 0.179. The summed E-state index contributed by atoms with van der Waals surface area (Å²) in [6.45, 7) is 0. The summed E-state index contributed by atoms with van der Waals surface area (Å²) in [6, 6.07) is 6.48. The van der Waals surface area contributed by atoms with Gasteiger partial charge < -0.3 is 9.15 Å². The molecule has 0 aliphatic carbocycles. The van der Waals surface area contributed by atoms with Crippen LogP contribution in [0.15, 0.2) is 34.9 Å². The lowest BCUT2D eigenvalue weighted by molar-refractivity contribution is 0.0601. The van der Waals surface area contributed by atoms with Crippen LogP contribution in [0.25, 0.3) is 22.6 Å². The number of ether oxygens (including phenoxy) is 1. The molecule has 21 heavy (non-hydrogen) atoms. The van der Waals surface area contributed by atoms with Crippen LogP contribution in [0.2, 0.25) is 10.2 Å². The summed E-state index contributed by atoms with van der Waals surface area (Å²) >= 11 is 11.7. The third-order valence-electron chi connectivity index (χ3n) is 2.86. The van der Waals surface area contributed by atoms with Crippen molar-refractivity contribution in [2.24, 2.45) is 0 Å². The van der Waals surface area contributed by atoms with Crippen LogP contribution in [-0.2, 0) is 4.74 Å². The van der Waals surface area contributed by atoms with Gasteiger partial charge in [-0.1, -0.05) is 23.2 Å². The van der Waals surface area contributed by atoms with Gasteiger partial charge in [0.25, 0.3) is 0 Å². The molecule has 0 unspecified atom stereocenters. The molecule has 2 aromatic heterocycles. The highest BCUT2D eigenvalue weighted by atomic mass is 35.5. The first-order valence-corrected chi connectivity index (χ1v) is 6.64. The van der Waals surface area contributed by atoms with Gasteiger partial charge in [0.2, 0.25) is 5.89 Å². The van der Waals surface area contributed by atoms with Crippen LogP contribution < -0.4 is 0 Å². The standard InChI is InChI=1S/C14H8Cl2N2O3/c1-20-14(19)8-5-12(16)17-6-9(8)13-18-10-4-7(15)2-3-11(10)21-13/h2-6H,1H3. The minimum atomic E-state index is -0.547. The van der Waals surface area contributed by atoms with E-state index in [2.05, 4.69) is 9.97 Å². The molecule has 2 heterocycles. The molecule has 0 spiro atoms. The van der Waals surface area contributed by atoms with E-state index in [0.29, 0.717) is 21.7 Å². The fraction of sp³-hybridized carbons (Fsp3) is 0.0714. The molecule has 0 fully saturated rings. The van der Waals surface area contributed by atoms with Gasteiger partial charge in [-0.05, 0) is 24.3 Å². The molecule has 0 aliphatic heterocycles. The smallest absolute Gasteiger partial charge is 0.338 e. The second kappa shape index (κ2) is 5.35. The van der Waals surface area contributed by atoms with Gasteiger partial charge >= 0.3 is 5.97 Å². The Morgan fingerprint density at radius 2 is 2.10 bits per heavy atom. The van der Waals surface area contributed by atoms with Gasteiger partial charge in [0.1, 0.15) is 10.7 Å². The van der Waals surface area contributed by atoms with Crippen molar-refractivity contribution in [2.75, 3.05) is 7.11 Å². The third-order valence-corrected chi connectivity index (χ3v) is 3.30. The van der Waals surface area contributed by atoms with E-state index >= 15 is 0 Å². The predicted molar refractivity (Wildman–Crippen MR) is 78.6 cm³/mol. The van der Waals surface area contributed by atoms with Crippen molar-refractivity contribution in [2.45, 2.75) is 0 Å². The Kier molecular flexibility index (Phi) is 3.53. The molecule has 0 saturated carbocycles. The summed E-state index contributed by atoms with van der Waals surface area (Å²) in [5.41, 5.74) is 1.78. The van der Waals surface area contributed by atoms with E-state index in [9.17, 15) is 4.79 Å². The molecule has 7 heteroatoms. The van der Waals surface area contributed by atoms with E-state index in [4.69, 9.17) is 32.4 Å². The molecule has 3 rings (SSSR count). The van der Waals surface area contributed by atoms with Crippen molar-refractivity contribution < 1.29 is 13.9 Å². The number of methoxy groups -OCH3 is 1. The monoisotopic (exact) mass is 322 g/mol. The van der Waals surface area contributed by atoms with Gasteiger partial charge in [-0.25, -0.2) is 14.8 Å². The maximum atomic E-state index is 11.8. The highest BCUT2D eigenvalue weighted by Gasteiger charge is 2.19. The normalized spacial score (nSPS) is 10.8. The van der Waals surface area contributed by atoms with E-state index in [0.717, 1.165) is 0 Å². The number of esters is 1. The van der Waals surface area contributed by atoms with E-state index < -0.39 is 5.97 Å². The number of pyridine rings is 1. The Bertz CT molecular complexity index is 845. The Morgan fingerprint density at radius 1 is 1.29 bits per heavy atom. The van der Waals surface area contributed by atoms with Gasteiger partial charge in [-0.15, -0.1) is 0 Å². The van der Waals surface area contributed by atoms with Gasteiger partial charge in [-0.2, -0.15) is 0 Å². The van der Waals surface area contributed by atoms with Crippen LogP contribution in [0.4, 0.5) is 0 Å². The zero-order chi connectivity index (χ0) is 15.0. The first-order chi connectivity index (χ1) is 10.1. The first-order valence-electron chi connectivity index (χ1n) is 5.89. The number of hydrogen-bond acceptors (Lipinski definition) is 5. The number of nitrogens with zero attached hydrogens (tertiary/aromatic N) is 2. The Labute approximate surface area is 129 Å². The summed E-state index contributed by atoms with van der Waals surface area (Å²) in [7, 11) is 1.28. The van der Waals surface area contributed by atoms with E-state index in [1.807, 2.05) is 0 Å². The molecule has 106 valence electrons. The predicted octanol–water partition coefficient (Wildman–Crippen LogP) is 3.98. The Balaban J connectivity index is 2.20. The van der Waals surface area contributed by atoms with Crippen molar-refractivity contribution >= 4 is 40.3 Å². The maximum Gasteiger partial charge on any atom is 0.338 e. The molecule has 0 aliphatic rings. The van der Waals surface area contributed by atoms with Crippen LogP contribution in [0, 0.1) is 0 Å². The molecule has 1 aromatic carbocycles. The largest absolute Gasteiger partial charge is 0.465 e. The highest BCUT2D eigenvalue weighted by molar-refractivity contribution is 6.31. The van der Waals surface area contributed by atoms with E-state index in [1.54, 1.807) is 18.2 Å². The van der Waals surface area contributed by atoms with Crippen LogP contribution in [0.1, 0.15) is 10.4 Å². The van der Waals surface area contributed by atoms with Gasteiger partial charge in [-0.3, -0.25) is 0 Å². The number of carbonyl (C=O) groups is 1. The van der Waals surface area contributed by atoms with Crippen molar-refractivity contribution in [1.29, 1.82) is 0 Å². The molecule has 0 atom stereocenters. The van der Waals surface area contributed by atoms with Crippen molar-refractivity contribution in [3.8, 4) is 11.5 Å². The highest BCUT2D eigenvalue weighted by Crippen LogP contribution is 2.29. The van der Waals surface area contributed by atoms with Crippen LogP contribution in [0.5, 0.6) is 0 Å². The summed E-state index contributed by atoms with van der Waals surface area (Å²) < 4.78 is 10.4. The zero-order valence-electron chi connectivity index (χ0n) is 10.8. The summed E-state index contributed by atoms with van der Waals surface area (Å²) in [5.74, 6) is -0.300. The zero-order valence-corrected chi connectivity index (χ0v) is 12.3. The van der Waals surface area contributed by atoms with E-state index in [-0.39, 0.29) is 16.6 Å². The van der Waals surface area contributed by atoms with Gasteiger partial charge in [0.15, 0.2) is 5.58 Å². The molecule has 3 aromatic rings. The summed E-state index contributed by atoms with van der Waals surface area (Å²) in [6.07, 6.45) is 1.42. The lowest BCUT2D eigenvalue weighted by Crippen LogP contribution is -2.04. The van der Waals surface area contributed by atoms with Gasteiger partial charge in [0.05, 0.1) is 18.2 Å². The number of rotatable bonds is 2. The average Bonchev–Trinajstić information content (AvgIpc) is 2.89. The van der Waals surface area contributed by atoms with Gasteiger partial charge in [0, 0.05) is 11.2 Å². The number of benzene rings is 1. The summed E-state index contributed by atoms with van der Waals surface area (Å²) in [4.78, 5) is 20.1. The molecular formula is C14H8Cl2N2O3. The minimum Gasteiger partial charge on any atom is -0.465 e. The third kappa shape index (κ3) is 2.57. The van der Waals surface area contributed by atoms with E-state index in [1.165, 1.54) is 19.4 Å². The lowest BCUT2D eigenvalue weighted by Gasteiger charge is -2.04. The lowest BCUT2D eigenvalue weighted by atomic mass is 10.1. The number of fused-ring (bicyclic) bond motifs is 1. The van der Waals surface area contributed by atoms with Crippen molar-refractivity contribution in [1.82, 2.24) is 9.97 Å². The quantitative estimate of drug-likeness (QED) is 0.527. The molecular weight excluding hydrogens is 315 g/mol. The average molecular weight is 323 g/mol. The maximum absolute atomic E-state index is 11.8. The van der Waals surface area contributed by atoms with Crippen molar-refractivity contribution in [3.05, 3.63) is 46.2 Å². The molecule has 0 N–H and O–H groups in total. The number of hydrogen-bond donors (Lipinski definition) is 0. The Hall–Kier alpha value is -2.11. The summed E-state index contributed by atoms with van der Waals surface area (Å²) in [5, 5.41) is 0.725. The molecule has 0 radical (unpaired) electrons. The van der Waals surface area contributed by atoms with Crippen molar-refractivity contribution in [3.63, 3.8) is 0 Å².